The highest BCUT2D eigenvalue weighted by Gasteiger charge is 2.18. The van der Waals surface area contributed by atoms with Gasteiger partial charge in [0.1, 0.15) is 5.76 Å². The third kappa shape index (κ3) is 4.55. The number of piperidine rings is 1. The summed E-state index contributed by atoms with van der Waals surface area (Å²) in [6, 6.07) is 0.604. The molecule has 2 aromatic rings. The van der Waals surface area contributed by atoms with Crippen LogP contribution in [0.3, 0.4) is 0 Å². The van der Waals surface area contributed by atoms with Crippen molar-refractivity contribution in [1.29, 1.82) is 0 Å². The van der Waals surface area contributed by atoms with E-state index in [9.17, 15) is 9.59 Å². The van der Waals surface area contributed by atoms with Crippen LogP contribution >= 0.6 is 0 Å². The highest BCUT2D eigenvalue weighted by molar-refractivity contribution is 5.81. The number of amides is 1. The lowest BCUT2D eigenvalue weighted by Gasteiger charge is -2.33. The molecule has 3 rings (SSSR count). The first-order chi connectivity index (χ1) is 13.0. The smallest absolute Gasteiger partial charge is 0.296 e. The van der Waals surface area contributed by atoms with Gasteiger partial charge in [-0.15, -0.1) is 0 Å². The molecule has 0 bridgehead atoms. The van der Waals surface area contributed by atoms with Crippen molar-refractivity contribution in [3.63, 3.8) is 0 Å². The highest BCUT2D eigenvalue weighted by Crippen LogP contribution is 2.17. The molecule has 8 nitrogen and oxygen atoms in total. The van der Waals surface area contributed by atoms with Gasteiger partial charge in [0, 0.05) is 32.1 Å². The number of nitrogens with one attached hydrogen (secondary N) is 1. The summed E-state index contributed by atoms with van der Waals surface area (Å²) in [7, 11) is 0. The molecule has 1 aliphatic heterocycles. The van der Waals surface area contributed by atoms with E-state index in [1.807, 2.05) is 6.92 Å². The standard InChI is InChI=1S/C19H29N5O3/c1-13-7-4-5-10-23(13)12-9-20-16(25)8-6-11-24-19(26)18-17(14(2)21-24)15(3)27-22-18/h13H,4-12H2,1-3H3,(H,20,25)/t13-/m0/s1. The maximum Gasteiger partial charge on any atom is 0.296 e. The first-order valence-electron chi connectivity index (χ1n) is 9.82. The molecule has 0 aromatic carbocycles. The molecular weight excluding hydrogens is 346 g/mol. The van der Waals surface area contributed by atoms with Gasteiger partial charge in [-0.3, -0.25) is 14.5 Å². The molecule has 1 saturated heterocycles. The number of hydrogen-bond donors (Lipinski definition) is 1. The maximum absolute atomic E-state index is 12.4. The van der Waals surface area contributed by atoms with E-state index >= 15 is 0 Å². The molecule has 0 saturated carbocycles. The molecule has 1 fully saturated rings. The van der Waals surface area contributed by atoms with Gasteiger partial charge in [-0.05, 0) is 46.6 Å². The Hall–Kier alpha value is -2.22. The minimum atomic E-state index is -0.271. The van der Waals surface area contributed by atoms with E-state index in [1.165, 1.54) is 23.9 Å². The topological polar surface area (TPSA) is 93.3 Å². The molecule has 1 aliphatic rings. The third-order valence-corrected chi connectivity index (χ3v) is 5.37. The molecule has 0 spiro atoms. The van der Waals surface area contributed by atoms with Crippen LogP contribution in [0.25, 0.3) is 10.9 Å². The minimum absolute atomic E-state index is 0.0165. The second kappa shape index (κ2) is 8.65. The Kier molecular flexibility index (Phi) is 6.26. The molecule has 0 radical (unpaired) electrons. The summed E-state index contributed by atoms with van der Waals surface area (Å²) in [6.07, 6.45) is 4.72. The van der Waals surface area contributed by atoms with Crippen molar-refractivity contribution in [3.05, 3.63) is 21.8 Å². The zero-order valence-corrected chi connectivity index (χ0v) is 16.5. The number of carbonyl (C=O) groups is 1. The number of aromatic nitrogens is 3. The van der Waals surface area contributed by atoms with Gasteiger partial charge in [0.15, 0.2) is 5.52 Å². The molecule has 27 heavy (non-hydrogen) atoms. The summed E-state index contributed by atoms with van der Waals surface area (Å²) >= 11 is 0. The van der Waals surface area contributed by atoms with E-state index in [0.29, 0.717) is 54.3 Å². The fraction of sp³-hybridized carbons (Fsp3) is 0.684. The van der Waals surface area contributed by atoms with Crippen molar-refractivity contribution in [2.24, 2.45) is 0 Å². The third-order valence-electron chi connectivity index (χ3n) is 5.37. The lowest BCUT2D eigenvalue weighted by Crippen LogP contribution is -2.42. The lowest BCUT2D eigenvalue weighted by molar-refractivity contribution is -0.121. The van der Waals surface area contributed by atoms with E-state index < -0.39 is 0 Å². The largest absolute Gasteiger partial charge is 0.360 e. The van der Waals surface area contributed by atoms with Crippen molar-refractivity contribution >= 4 is 16.8 Å². The molecule has 1 N–H and O–H groups in total. The molecule has 1 amide bonds. The zero-order valence-electron chi connectivity index (χ0n) is 16.5. The summed E-state index contributed by atoms with van der Waals surface area (Å²) in [5.41, 5.74) is 0.746. The van der Waals surface area contributed by atoms with Crippen molar-refractivity contribution in [3.8, 4) is 0 Å². The van der Waals surface area contributed by atoms with Crippen molar-refractivity contribution in [1.82, 2.24) is 25.2 Å². The summed E-state index contributed by atoms with van der Waals surface area (Å²) in [6.45, 7) is 8.92. The Morgan fingerprint density at radius 3 is 2.89 bits per heavy atom. The van der Waals surface area contributed by atoms with Gasteiger partial charge in [-0.25, -0.2) is 4.68 Å². The Labute approximate surface area is 158 Å². The van der Waals surface area contributed by atoms with E-state index in [0.717, 1.165) is 13.1 Å². The Balaban J connectivity index is 1.45. The zero-order chi connectivity index (χ0) is 19.4. The number of carbonyl (C=O) groups excluding carboxylic acids is 1. The number of likely N-dealkylation sites (tertiary alicyclic amines) is 1. The Morgan fingerprint density at radius 1 is 1.30 bits per heavy atom. The van der Waals surface area contributed by atoms with Crippen molar-refractivity contribution in [2.45, 2.75) is 65.5 Å². The summed E-state index contributed by atoms with van der Waals surface area (Å²) < 4.78 is 6.48. The number of nitrogens with zero attached hydrogens (tertiary/aromatic N) is 4. The molecular formula is C19H29N5O3. The predicted molar refractivity (Wildman–Crippen MR) is 103 cm³/mol. The average Bonchev–Trinajstić information content (AvgIpc) is 3.03. The van der Waals surface area contributed by atoms with E-state index in [-0.39, 0.29) is 11.5 Å². The van der Waals surface area contributed by atoms with Gasteiger partial charge in [0.2, 0.25) is 5.91 Å². The second-order valence-corrected chi connectivity index (χ2v) is 7.41. The summed E-state index contributed by atoms with van der Waals surface area (Å²) in [5.74, 6) is 0.615. The number of rotatable bonds is 7. The van der Waals surface area contributed by atoms with Crippen LogP contribution in [0.5, 0.6) is 0 Å². The lowest BCUT2D eigenvalue weighted by atomic mass is 10.0. The Morgan fingerprint density at radius 2 is 2.11 bits per heavy atom. The average molecular weight is 375 g/mol. The van der Waals surface area contributed by atoms with Crippen LogP contribution in [0, 0.1) is 13.8 Å². The molecule has 1 atom stereocenters. The fourth-order valence-corrected chi connectivity index (χ4v) is 3.80. The molecule has 3 heterocycles. The first-order valence-corrected chi connectivity index (χ1v) is 9.82. The first kappa shape index (κ1) is 19.5. The van der Waals surface area contributed by atoms with Crippen LogP contribution < -0.4 is 10.9 Å². The van der Waals surface area contributed by atoms with Gasteiger partial charge in [-0.2, -0.15) is 5.10 Å². The number of aryl methyl sites for hydroxylation is 3. The minimum Gasteiger partial charge on any atom is -0.360 e. The van der Waals surface area contributed by atoms with Crippen LogP contribution in [0.2, 0.25) is 0 Å². The quantitative estimate of drug-likeness (QED) is 0.793. The van der Waals surface area contributed by atoms with Crippen molar-refractivity contribution < 1.29 is 9.32 Å². The normalized spacial score (nSPS) is 18.1. The summed E-state index contributed by atoms with van der Waals surface area (Å²) in [5, 5.41) is 11.8. The molecule has 148 valence electrons. The maximum atomic E-state index is 12.4. The summed E-state index contributed by atoms with van der Waals surface area (Å²) in [4.78, 5) is 26.9. The number of hydrogen-bond acceptors (Lipinski definition) is 6. The van der Waals surface area contributed by atoms with Crippen LogP contribution in [-0.2, 0) is 11.3 Å². The van der Waals surface area contributed by atoms with Gasteiger partial charge in [0.25, 0.3) is 5.56 Å². The van der Waals surface area contributed by atoms with Gasteiger partial charge < -0.3 is 9.84 Å². The van der Waals surface area contributed by atoms with Gasteiger partial charge in [-0.1, -0.05) is 11.6 Å². The number of fused-ring (bicyclic) bond motifs is 1. The SMILES string of the molecule is Cc1nn(CCCC(=O)NCCN2CCCC[C@@H]2C)c(=O)c2noc(C)c12. The van der Waals surface area contributed by atoms with E-state index in [1.54, 1.807) is 6.92 Å². The van der Waals surface area contributed by atoms with E-state index in [4.69, 9.17) is 4.52 Å². The second-order valence-electron chi connectivity index (χ2n) is 7.41. The molecule has 2 aromatic heterocycles. The van der Waals surface area contributed by atoms with Crippen LogP contribution in [0.1, 0.15) is 50.5 Å². The highest BCUT2D eigenvalue weighted by atomic mass is 16.5. The van der Waals surface area contributed by atoms with E-state index in [2.05, 4.69) is 27.4 Å². The fourth-order valence-electron chi connectivity index (χ4n) is 3.80. The molecule has 0 unspecified atom stereocenters. The van der Waals surface area contributed by atoms with Gasteiger partial charge >= 0.3 is 0 Å². The van der Waals surface area contributed by atoms with Crippen LogP contribution in [0.15, 0.2) is 9.32 Å². The molecule has 0 aliphatic carbocycles. The van der Waals surface area contributed by atoms with Crippen LogP contribution in [-0.4, -0.2) is 51.4 Å². The van der Waals surface area contributed by atoms with Gasteiger partial charge in [0.05, 0.1) is 11.1 Å². The monoisotopic (exact) mass is 375 g/mol. The van der Waals surface area contributed by atoms with Crippen molar-refractivity contribution in [2.75, 3.05) is 19.6 Å². The van der Waals surface area contributed by atoms with Crippen LogP contribution in [0.4, 0.5) is 0 Å². The Bertz CT molecular complexity index is 857. The predicted octanol–water partition coefficient (Wildman–Crippen LogP) is 1.77. The molecule has 8 heteroatoms.